The van der Waals surface area contributed by atoms with Crippen molar-refractivity contribution in [2.24, 2.45) is 0 Å². The van der Waals surface area contributed by atoms with Crippen molar-refractivity contribution in [3.8, 4) is 10.4 Å². The van der Waals surface area contributed by atoms with E-state index in [1.165, 1.54) is 0 Å². The number of hydrogen-bond acceptors (Lipinski definition) is 3. The zero-order valence-corrected chi connectivity index (χ0v) is 8.95. The number of nitrogens with zero attached hydrogens (tertiary/aromatic N) is 1. The molecule has 0 amide bonds. The summed E-state index contributed by atoms with van der Waals surface area (Å²) in [5.41, 5.74) is 0.361. The summed E-state index contributed by atoms with van der Waals surface area (Å²) in [6, 6.07) is 5.44. The maximum absolute atomic E-state index is 11.4. The second kappa shape index (κ2) is 3.55. The highest BCUT2D eigenvalue weighted by Gasteiger charge is 2.06. The summed E-state index contributed by atoms with van der Waals surface area (Å²) in [4.78, 5) is 13.5. The quantitative estimate of drug-likeness (QED) is 0.812. The Kier molecular flexibility index (Phi) is 2.39. The van der Waals surface area contributed by atoms with Gasteiger partial charge in [-0.05, 0) is 25.1 Å². The Bertz CT molecular complexity index is 518. The third-order valence-corrected chi connectivity index (χ3v) is 3.01. The molecule has 2 rings (SSSR count). The Morgan fingerprint density at radius 1 is 1.50 bits per heavy atom. The van der Waals surface area contributed by atoms with E-state index in [1.807, 2.05) is 19.1 Å². The van der Waals surface area contributed by atoms with Crippen molar-refractivity contribution in [3.05, 3.63) is 38.6 Å². The number of rotatable bonds is 1. The van der Waals surface area contributed by atoms with E-state index in [0.717, 1.165) is 9.75 Å². The molecule has 0 aliphatic carbocycles. The van der Waals surface area contributed by atoms with Crippen molar-refractivity contribution >= 4 is 22.9 Å². The lowest BCUT2D eigenvalue weighted by atomic mass is 10.2. The minimum atomic E-state index is -0.212. The lowest BCUT2D eigenvalue weighted by molar-refractivity contribution is 0.993. The molecule has 0 radical (unpaired) electrons. The van der Waals surface area contributed by atoms with Crippen LogP contribution in [-0.2, 0) is 0 Å². The van der Waals surface area contributed by atoms with E-state index in [0.29, 0.717) is 10.7 Å². The lowest BCUT2D eigenvalue weighted by Gasteiger charge is -1.95. The molecule has 0 saturated carbocycles. The molecule has 0 aromatic carbocycles. The average molecular weight is 227 g/mol. The Morgan fingerprint density at radius 3 is 2.93 bits per heavy atom. The van der Waals surface area contributed by atoms with Crippen LogP contribution in [-0.4, -0.2) is 10.2 Å². The summed E-state index contributed by atoms with van der Waals surface area (Å²) in [6.45, 7) is 1.99. The zero-order chi connectivity index (χ0) is 10.1. The molecule has 0 spiro atoms. The second-order valence-corrected chi connectivity index (χ2v) is 4.52. The number of aromatic amines is 1. The monoisotopic (exact) mass is 226 g/mol. The fourth-order valence-corrected chi connectivity index (χ4v) is 2.18. The van der Waals surface area contributed by atoms with E-state index < -0.39 is 0 Å². The van der Waals surface area contributed by atoms with Crippen molar-refractivity contribution in [2.75, 3.05) is 0 Å². The summed E-state index contributed by atoms with van der Waals surface area (Å²) in [6.07, 6.45) is 0. The molecule has 0 saturated heterocycles. The highest BCUT2D eigenvalue weighted by atomic mass is 35.5. The number of hydrogen-bond donors (Lipinski definition) is 1. The van der Waals surface area contributed by atoms with Crippen LogP contribution in [0.5, 0.6) is 0 Å². The third-order valence-electron chi connectivity index (χ3n) is 1.78. The molecule has 0 aliphatic rings. The van der Waals surface area contributed by atoms with E-state index >= 15 is 0 Å². The first-order valence-corrected chi connectivity index (χ1v) is 5.18. The number of aromatic nitrogens is 2. The SMILES string of the molecule is Cc1ccc(-c2cc(Cl)n[nH]c2=O)s1. The first-order chi connectivity index (χ1) is 6.66. The van der Waals surface area contributed by atoms with Crippen molar-refractivity contribution < 1.29 is 0 Å². The van der Waals surface area contributed by atoms with Gasteiger partial charge in [0.25, 0.3) is 5.56 Å². The first-order valence-electron chi connectivity index (χ1n) is 3.99. The van der Waals surface area contributed by atoms with Crippen LogP contribution in [0.25, 0.3) is 10.4 Å². The number of thiophene rings is 1. The van der Waals surface area contributed by atoms with Gasteiger partial charge in [-0.3, -0.25) is 4.79 Å². The molecule has 1 N–H and O–H groups in total. The molecule has 2 heterocycles. The van der Waals surface area contributed by atoms with Crippen LogP contribution in [0.15, 0.2) is 23.0 Å². The molecular formula is C9H7ClN2OS. The van der Waals surface area contributed by atoms with Gasteiger partial charge in [-0.15, -0.1) is 11.3 Å². The smallest absolute Gasteiger partial charge is 0.267 e. The van der Waals surface area contributed by atoms with Gasteiger partial charge in [0.1, 0.15) is 5.15 Å². The van der Waals surface area contributed by atoms with Gasteiger partial charge in [0, 0.05) is 9.75 Å². The Labute approximate surface area is 89.4 Å². The largest absolute Gasteiger partial charge is 0.272 e. The number of H-pyrrole nitrogens is 1. The molecule has 3 nitrogen and oxygen atoms in total. The molecule has 2 aromatic heterocycles. The van der Waals surface area contributed by atoms with Gasteiger partial charge in [-0.1, -0.05) is 11.6 Å². The van der Waals surface area contributed by atoms with Crippen LogP contribution in [0.4, 0.5) is 0 Å². The molecular weight excluding hydrogens is 220 g/mol. The van der Waals surface area contributed by atoms with Gasteiger partial charge in [0.05, 0.1) is 5.56 Å². The minimum Gasteiger partial charge on any atom is -0.267 e. The van der Waals surface area contributed by atoms with Crippen LogP contribution in [0.2, 0.25) is 5.15 Å². The van der Waals surface area contributed by atoms with Crippen molar-refractivity contribution in [3.63, 3.8) is 0 Å². The molecule has 0 unspecified atom stereocenters. The molecule has 0 aliphatic heterocycles. The molecule has 72 valence electrons. The number of aryl methyl sites for hydroxylation is 1. The summed E-state index contributed by atoms with van der Waals surface area (Å²) >= 11 is 7.25. The Morgan fingerprint density at radius 2 is 2.29 bits per heavy atom. The Balaban J connectivity index is 2.61. The van der Waals surface area contributed by atoms with Crippen LogP contribution < -0.4 is 5.56 Å². The maximum atomic E-state index is 11.4. The second-order valence-electron chi connectivity index (χ2n) is 2.84. The number of halogens is 1. The predicted molar refractivity (Wildman–Crippen MR) is 57.9 cm³/mol. The molecule has 2 aromatic rings. The van der Waals surface area contributed by atoms with Gasteiger partial charge in [0.15, 0.2) is 0 Å². The fourth-order valence-electron chi connectivity index (χ4n) is 1.14. The highest BCUT2D eigenvalue weighted by Crippen LogP contribution is 2.25. The van der Waals surface area contributed by atoms with Gasteiger partial charge in [-0.2, -0.15) is 5.10 Å². The van der Waals surface area contributed by atoms with Crippen LogP contribution in [0.3, 0.4) is 0 Å². The van der Waals surface area contributed by atoms with E-state index in [2.05, 4.69) is 10.2 Å². The summed E-state index contributed by atoms with van der Waals surface area (Å²) in [5, 5.41) is 6.25. The van der Waals surface area contributed by atoms with E-state index in [4.69, 9.17) is 11.6 Å². The fraction of sp³-hybridized carbons (Fsp3) is 0.111. The van der Waals surface area contributed by atoms with Crippen molar-refractivity contribution in [1.29, 1.82) is 0 Å². The summed E-state index contributed by atoms with van der Waals surface area (Å²) < 4.78 is 0. The maximum Gasteiger partial charge on any atom is 0.272 e. The van der Waals surface area contributed by atoms with E-state index in [1.54, 1.807) is 17.4 Å². The third kappa shape index (κ3) is 1.71. The molecule has 5 heteroatoms. The molecule has 14 heavy (non-hydrogen) atoms. The Hall–Kier alpha value is -1.13. The van der Waals surface area contributed by atoms with E-state index in [-0.39, 0.29) is 5.56 Å². The number of nitrogens with one attached hydrogen (secondary N) is 1. The standard InChI is InChI=1S/C9H7ClN2OS/c1-5-2-3-7(14-5)6-4-8(10)11-12-9(6)13/h2-4H,1H3,(H,12,13). The van der Waals surface area contributed by atoms with Gasteiger partial charge in [0.2, 0.25) is 0 Å². The molecule has 0 bridgehead atoms. The molecule has 0 fully saturated rings. The van der Waals surface area contributed by atoms with Crippen LogP contribution in [0, 0.1) is 6.92 Å². The first kappa shape index (κ1) is 9.43. The van der Waals surface area contributed by atoms with Crippen LogP contribution >= 0.6 is 22.9 Å². The van der Waals surface area contributed by atoms with Crippen molar-refractivity contribution in [1.82, 2.24) is 10.2 Å². The summed E-state index contributed by atoms with van der Waals surface area (Å²) in [7, 11) is 0. The molecule has 0 atom stereocenters. The topological polar surface area (TPSA) is 45.8 Å². The minimum absolute atomic E-state index is 0.212. The average Bonchev–Trinajstić information content (AvgIpc) is 2.56. The van der Waals surface area contributed by atoms with Gasteiger partial charge < -0.3 is 0 Å². The normalized spacial score (nSPS) is 10.4. The van der Waals surface area contributed by atoms with E-state index in [9.17, 15) is 4.79 Å². The predicted octanol–water partition coefficient (Wildman–Crippen LogP) is 2.46. The van der Waals surface area contributed by atoms with Crippen molar-refractivity contribution in [2.45, 2.75) is 6.92 Å². The highest BCUT2D eigenvalue weighted by molar-refractivity contribution is 7.15. The zero-order valence-electron chi connectivity index (χ0n) is 7.37. The van der Waals surface area contributed by atoms with Gasteiger partial charge in [-0.25, -0.2) is 5.10 Å². The lowest BCUT2D eigenvalue weighted by Crippen LogP contribution is -2.09. The summed E-state index contributed by atoms with van der Waals surface area (Å²) in [5.74, 6) is 0. The van der Waals surface area contributed by atoms with Gasteiger partial charge >= 0.3 is 0 Å². The van der Waals surface area contributed by atoms with Crippen LogP contribution in [0.1, 0.15) is 4.88 Å².